The second-order valence-corrected chi connectivity index (χ2v) is 5.89. The molecule has 1 aromatic rings. The molecule has 0 radical (unpaired) electrons. The van der Waals surface area contributed by atoms with E-state index in [1.165, 1.54) is 17.0 Å². The second kappa shape index (κ2) is 7.74. The van der Waals surface area contributed by atoms with Crippen LogP contribution in [0.5, 0.6) is 0 Å². The number of alkyl halides is 3. The molecule has 0 saturated carbocycles. The maximum atomic E-state index is 13.1. The Hall–Kier alpha value is -1.96. The first-order valence-electron chi connectivity index (χ1n) is 7.86. The highest BCUT2D eigenvalue weighted by molar-refractivity contribution is 5.74. The van der Waals surface area contributed by atoms with Crippen molar-refractivity contribution in [3.05, 3.63) is 29.8 Å². The van der Waals surface area contributed by atoms with Crippen molar-refractivity contribution >= 4 is 11.7 Å². The monoisotopic (exact) mass is 345 g/mol. The van der Waals surface area contributed by atoms with Crippen molar-refractivity contribution in [2.75, 3.05) is 38.2 Å². The molecular formula is C16H22F3N3O2. The summed E-state index contributed by atoms with van der Waals surface area (Å²) in [5.41, 5.74) is -0.507. The molecule has 5 nitrogen and oxygen atoms in total. The molecular weight excluding hydrogens is 323 g/mol. The number of nitrogens with one attached hydrogen (secondary N) is 1. The lowest BCUT2D eigenvalue weighted by Gasteiger charge is -2.24. The fraction of sp³-hybridized carbons (Fsp3) is 0.562. The van der Waals surface area contributed by atoms with Crippen molar-refractivity contribution in [3.63, 3.8) is 0 Å². The van der Waals surface area contributed by atoms with Gasteiger partial charge >= 0.3 is 12.2 Å². The Bertz CT molecular complexity index is 566. The number of hydrogen-bond donors (Lipinski definition) is 2. The molecule has 1 aliphatic heterocycles. The highest BCUT2D eigenvalue weighted by Gasteiger charge is 2.36. The number of anilines is 1. The molecule has 1 aliphatic rings. The van der Waals surface area contributed by atoms with E-state index in [0.29, 0.717) is 32.5 Å². The molecule has 1 atom stereocenters. The number of halogens is 3. The van der Waals surface area contributed by atoms with Gasteiger partial charge in [0.15, 0.2) is 0 Å². The lowest BCUT2D eigenvalue weighted by molar-refractivity contribution is -0.137. The predicted molar refractivity (Wildman–Crippen MR) is 84.9 cm³/mol. The maximum Gasteiger partial charge on any atom is 0.418 e. The number of nitrogens with zero attached hydrogens (tertiary/aromatic N) is 2. The average Bonchev–Trinajstić information content (AvgIpc) is 3.00. The van der Waals surface area contributed by atoms with Gasteiger partial charge in [0, 0.05) is 45.0 Å². The van der Waals surface area contributed by atoms with Gasteiger partial charge in [0.2, 0.25) is 0 Å². The molecule has 8 heteroatoms. The summed E-state index contributed by atoms with van der Waals surface area (Å²) in [5.74, 6) is 0. The van der Waals surface area contributed by atoms with Gasteiger partial charge in [0.05, 0.1) is 5.56 Å². The van der Waals surface area contributed by atoms with E-state index < -0.39 is 11.7 Å². The third kappa shape index (κ3) is 4.53. The van der Waals surface area contributed by atoms with E-state index in [0.717, 1.165) is 6.07 Å². The van der Waals surface area contributed by atoms with Crippen LogP contribution in [0.25, 0.3) is 0 Å². The van der Waals surface area contributed by atoms with Crippen LogP contribution in [-0.4, -0.2) is 55.4 Å². The number of rotatable bonds is 5. The summed E-state index contributed by atoms with van der Waals surface area (Å²) in [4.78, 5) is 15.1. The lowest BCUT2D eigenvalue weighted by atomic mass is 10.1. The molecule has 2 N–H and O–H groups in total. The van der Waals surface area contributed by atoms with Crippen LogP contribution in [0.1, 0.15) is 18.4 Å². The van der Waals surface area contributed by atoms with Crippen LogP contribution in [-0.2, 0) is 6.18 Å². The quantitative estimate of drug-likeness (QED) is 0.861. The number of amides is 2. The summed E-state index contributed by atoms with van der Waals surface area (Å²) >= 11 is 0. The van der Waals surface area contributed by atoms with Crippen molar-refractivity contribution in [2.24, 2.45) is 0 Å². The Morgan fingerprint density at radius 1 is 1.42 bits per heavy atom. The van der Waals surface area contributed by atoms with E-state index in [9.17, 15) is 18.0 Å². The highest BCUT2D eigenvalue weighted by atomic mass is 19.4. The molecule has 0 bridgehead atoms. The molecule has 1 fully saturated rings. The zero-order chi connectivity index (χ0) is 17.7. The molecule has 1 saturated heterocycles. The summed E-state index contributed by atoms with van der Waals surface area (Å²) in [6, 6.07) is 5.01. The van der Waals surface area contributed by atoms with Crippen LogP contribution in [0.2, 0.25) is 0 Å². The molecule has 1 aromatic carbocycles. The summed E-state index contributed by atoms with van der Waals surface area (Å²) in [6.07, 6.45) is -3.33. The first-order chi connectivity index (χ1) is 11.3. The average molecular weight is 345 g/mol. The fourth-order valence-corrected chi connectivity index (χ4v) is 2.78. The van der Waals surface area contributed by atoms with Crippen molar-refractivity contribution in [2.45, 2.75) is 25.1 Å². The predicted octanol–water partition coefficient (Wildman–Crippen LogP) is 2.31. The van der Waals surface area contributed by atoms with Crippen molar-refractivity contribution < 1.29 is 23.1 Å². The van der Waals surface area contributed by atoms with Crippen LogP contribution in [0.15, 0.2) is 24.3 Å². The minimum absolute atomic E-state index is 0.00303. The number of carbonyl (C=O) groups is 1. The van der Waals surface area contributed by atoms with Gasteiger partial charge in [0.25, 0.3) is 0 Å². The van der Waals surface area contributed by atoms with E-state index in [1.807, 2.05) is 0 Å². The Balaban J connectivity index is 1.98. The highest BCUT2D eigenvalue weighted by Crippen LogP contribution is 2.37. The fourth-order valence-electron chi connectivity index (χ4n) is 2.78. The molecule has 0 aromatic heterocycles. The summed E-state index contributed by atoms with van der Waals surface area (Å²) < 4.78 is 39.3. The number of para-hydroxylation sites is 1. The lowest BCUT2D eigenvalue weighted by Crippen LogP contribution is -2.44. The number of carbonyl (C=O) groups excluding carboxylic acids is 1. The number of urea groups is 1. The van der Waals surface area contributed by atoms with Gasteiger partial charge in [-0.1, -0.05) is 12.1 Å². The van der Waals surface area contributed by atoms with E-state index >= 15 is 0 Å². The molecule has 0 aliphatic carbocycles. The molecule has 1 heterocycles. The Kier molecular flexibility index (Phi) is 5.93. The van der Waals surface area contributed by atoms with Crippen molar-refractivity contribution in [1.29, 1.82) is 0 Å². The van der Waals surface area contributed by atoms with Gasteiger partial charge in [-0.2, -0.15) is 13.2 Å². The Morgan fingerprint density at radius 3 is 2.79 bits per heavy atom. The SMILES string of the molecule is CN(CCCO)C(=O)NC1CCN(c2ccccc2C(F)(F)F)C1. The van der Waals surface area contributed by atoms with Gasteiger partial charge in [-0.05, 0) is 25.0 Å². The van der Waals surface area contributed by atoms with Crippen LogP contribution < -0.4 is 10.2 Å². The largest absolute Gasteiger partial charge is 0.418 e. The van der Waals surface area contributed by atoms with E-state index in [-0.39, 0.29) is 24.4 Å². The van der Waals surface area contributed by atoms with Crippen LogP contribution in [0.3, 0.4) is 0 Å². The number of benzene rings is 1. The summed E-state index contributed by atoms with van der Waals surface area (Å²) in [7, 11) is 1.62. The van der Waals surface area contributed by atoms with Gasteiger partial charge in [-0.3, -0.25) is 0 Å². The zero-order valence-electron chi connectivity index (χ0n) is 13.5. The summed E-state index contributed by atoms with van der Waals surface area (Å²) in [6.45, 7) is 1.23. The summed E-state index contributed by atoms with van der Waals surface area (Å²) in [5, 5.41) is 11.6. The van der Waals surface area contributed by atoms with Gasteiger partial charge < -0.3 is 20.2 Å². The molecule has 24 heavy (non-hydrogen) atoms. The zero-order valence-corrected chi connectivity index (χ0v) is 13.5. The minimum atomic E-state index is -4.40. The van der Waals surface area contributed by atoms with Gasteiger partial charge in [-0.25, -0.2) is 4.79 Å². The number of aliphatic hydroxyl groups is 1. The standard InChI is InChI=1S/C16H22F3N3O2/c1-21(8-4-10-23)15(24)20-12-7-9-22(11-12)14-6-3-2-5-13(14)16(17,18)19/h2-3,5-6,12,23H,4,7-11H2,1H3,(H,20,24). The number of aliphatic hydroxyl groups excluding tert-OH is 1. The third-order valence-corrected chi connectivity index (χ3v) is 4.06. The van der Waals surface area contributed by atoms with Crippen LogP contribution in [0.4, 0.5) is 23.7 Å². The smallest absolute Gasteiger partial charge is 0.396 e. The second-order valence-electron chi connectivity index (χ2n) is 5.89. The maximum absolute atomic E-state index is 13.1. The number of hydrogen-bond acceptors (Lipinski definition) is 3. The minimum Gasteiger partial charge on any atom is -0.396 e. The molecule has 2 amide bonds. The van der Waals surface area contributed by atoms with E-state index in [2.05, 4.69) is 5.32 Å². The van der Waals surface area contributed by atoms with Crippen molar-refractivity contribution in [1.82, 2.24) is 10.2 Å². The molecule has 0 spiro atoms. The van der Waals surface area contributed by atoms with Crippen LogP contribution in [0, 0.1) is 0 Å². The first-order valence-corrected chi connectivity index (χ1v) is 7.86. The topological polar surface area (TPSA) is 55.8 Å². The van der Waals surface area contributed by atoms with Crippen molar-refractivity contribution in [3.8, 4) is 0 Å². The Morgan fingerprint density at radius 2 is 2.12 bits per heavy atom. The first kappa shape index (κ1) is 18.4. The Labute approximate surface area is 139 Å². The molecule has 2 rings (SSSR count). The van der Waals surface area contributed by atoms with Gasteiger partial charge in [-0.15, -0.1) is 0 Å². The normalized spacial score (nSPS) is 17.9. The van der Waals surface area contributed by atoms with Crippen LogP contribution >= 0.6 is 0 Å². The molecule has 1 unspecified atom stereocenters. The third-order valence-electron chi connectivity index (χ3n) is 4.06. The van der Waals surface area contributed by atoms with E-state index in [4.69, 9.17) is 5.11 Å². The van der Waals surface area contributed by atoms with E-state index in [1.54, 1.807) is 18.0 Å². The molecule has 134 valence electrons. The van der Waals surface area contributed by atoms with Gasteiger partial charge in [0.1, 0.15) is 0 Å².